The number of rotatable bonds is 8. The molecule has 0 fully saturated rings. The lowest BCUT2D eigenvalue weighted by atomic mass is 10.1. The molecule has 88 valence electrons. The lowest BCUT2D eigenvalue weighted by Crippen LogP contribution is -2.10. The standard InChI is InChI=1S/C12H24N2O/c1-2-3-4-5-6-7-8-9-11-10-15-12(13)14-11/h11H,2-10H2,1H3,(H2,13,14). The molecule has 1 heterocycles. The molecule has 2 N–H and O–H groups in total. The van der Waals surface area contributed by atoms with Gasteiger partial charge in [0.25, 0.3) is 6.02 Å². The summed E-state index contributed by atoms with van der Waals surface area (Å²) in [5.41, 5.74) is 5.44. The Morgan fingerprint density at radius 2 is 1.87 bits per heavy atom. The first-order chi connectivity index (χ1) is 7.33. The van der Waals surface area contributed by atoms with Crippen LogP contribution in [-0.2, 0) is 4.74 Å². The second-order valence-electron chi connectivity index (χ2n) is 4.34. The predicted molar refractivity (Wildman–Crippen MR) is 64.0 cm³/mol. The van der Waals surface area contributed by atoms with Crippen LogP contribution in [-0.4, -0.2) is 18.7 Å². The summed E-state index contributed by atoms with van der Waals surface area (Å²) in [7, 11) is 0. The van der Waals surface area contributed by atoms with E-state index in [1.54, 1.807) is 0 Å². The van der Waals surface area contributed by atoms with Gasteiger partial charge in [0.05, 0.1) is 6.04 Å². The van der Waals surface area contributed by atoms with Crippen molar-refractivity contribution >= 4 is 6.02 Å². The molecule has 0 bridgehead atoms. The molecule has 3 nitrogen and oxygen atoms in total. The Morgan fingerprint density at radius 1 is 1.20 bits per heavy atom. The molecule has 1 rings (SSSR count). The highest BCUT2D eigenvalue weighted by atomic mass is 16.5. The van der Waals surface area contributed by atoms with Gasteiger partial charge in [0.15, 0.2) is 0 Å². The van der Waals surface area contributed by atoms with E-state index in [9.17, 15) is 0 Å². The van der Waals surface area contributed by atoms with Crippen molar-refractivity contribution in [3.63, 3.8) is 0 Å². The maximum absolute atomic E-state index is 5.44. The minimum absolute atomic E-state index is 0.334. The molecule has 0 aromatic carbocycles. The summed E-state index contributed by atoms with van der Waals surface area (Å²) in [5, 5.41) is 0. The van der Waals surface area contributed by atoms with Crippen molar-refractivity contribution in [2.24, 2.45) is 10.7 Å². The Bertz CT molecular complexity index is 192. The number of unbranched alkanes of at least 4 members (excludes halogenated alkanes) is 6. The molecule has 0 amide bonds. The van der Waals surface area contributed by atoms with E-state index in [0.717, 1.165) is 6.42 Å². The van der Waals surface area contributed by atoms with E-state index in [4.69, 9.17) is 10.5 Å². The molecule has 1 unspecified atom stereocenters. The van der Waals surface area contributed by atoms with E-state index in [-0.39, 0.29) is 0 Å². The van der Waals surface area contributed by atoms with Crippen molar-refractivity contribution < 1.29 is 4.74 Å². The van der Waals surface area contributed by atoms with Crippen LogP contribution in [0.5, 0.6) is 0 Å². The van der Waals surface area contributed by atoms with Crippen LogP contribution >= 0.6 is 0 Å². The van der Waals surface area contributed by atoms with Gasteiger partial charge in [-0.15, -0.1) is 0 Å². The maximum atomic E-state index is 5.44. The van der Waals surface area contributed by atoms with E-state index < -0.39 is 0 Å². The van der Waals surface area contributed by atoms with Crippen molar-refractivity contribution in [2.45, 2.75) is 64.3 Å². The molecule has 3 heteroatoms. The zero-order valence-corrected chi connectivity index (χ0v) is 9.87. The summed E-state index contributed by atoms with van der Waals surface area (Å²) in [6.07, 6.45) is 10.6. The predicted octanol–water partition coefficient (Wildman–Crippen LogP) is 2.84. The van der Waals surface area contributed by atoms with Gasteiger partial charge in [-0.05, 0) is 6.42 Å². The Morgan fingerprint density at radius 3 is 2.47 bits per heavy atom. The molecular weight excluding hydrogens is 188 g/mol. The lowest BCUT2D eigenvalue weighted by Gasteiger charge is -2.04. The largest absolute Gasteiger partial charge is 0.463 e. The molecule has 0 saturated carbocycles. The summed E-state index contributed by atoms with van der Waals surface area (Å²) < 4.78 is 5.10. The first-order valence-corrected chi connectivity index (χ1v) is 6.29. The molecule has 0 spiro atoms. The Kier molecular flexibility index (Phi) is 6.21. The molecule has 15 heavy (non-hydrogen) atoms. The number of ether oxygens (including phenoxy) is 1. The van der Waals surface area contributed by atoms with E-state index in [0.29, 0.717) is 18.7 Å². The number of hydrogen-bond acceptors (Lipinski definition) is 3. The van der Waals surface area contributed by atoms with Crippen LogP contribution in [0.1, 0.15) is 58.3 Å². The smallest absolute Gasteiger partial charge is 0.282 e. The van der Waals surface area contributed by atoms with Gasteiger partial charge in [-0.25, -0.2) is 4.99 Å². The number of nitrogens with zero attached hydrogens (tertiary/aromatic N) is 1. The topological polar surface area (TPSA) is 47.6 Å². The summed E-state index contributed by atoms with van der Waals surface area (Å²) in [6, 6.07) is 0.712. The van der Waals surface area contributed by atoms with E-state index in [1.807, 2.05) is 0 Å². The zero-order valence-electron chi connectivity index (χ0n) is 9.87. The fraction of sp³-hybridized carbons (Fsp3) is 0.917. The molecule has 0 aromatic heterocycles. The third-order valence-electron chi connectivity index (χ3n) is 2.87. The van der Waals surface area contributed by atoms with Crippen molar-refractivity contribution in [1.82, 2.24) is 0 Å². The highest BCUT2D eigenvalue weighted by molar-refractivity contribution is 5.72. The molecular formula is C12H24N2O. The SMILES string of the molecule is CCCCCCCCCC1COC(N)=N1. The summed E-state index contributed by atoms with van der Waals surface area (Å²) in [5.74, 6) is 0. The Hall–Kier alpha value is -0.730. The van der Waals surface area contributed by atoms with Crippen molar-refractivity contribution in [2.75, 3.05) is 6.61 Å². The van der Waals surface area contributed by atoms with Crippen LogP contribution in [0.4, 0.5) is 0 Å². The van der Waals surface area contributed by atoms with Gasteiger partial charge < -0.3 is 10.5 Å². The first-order valence-electron chi connectivity index (χ1n) is 6.29. The average Bonchev–Trinajstić information content (AvgIpc) is 2.63. The lowest BCUT2D eigenvalue weighted by molar-refractivity contribution is 0.305. The van der Waals surface area contributed by atoms with Crippen molar-refractivity contribution in [1.29, 1.82) is 0 Å². The Labute approximate surface area is 93.1 Å². The second kappa shape index (κ2) is 7.55. The van der Waals surface area contributed by atoms with Crippen LogP contribution in [0.3, 0.4) is 0 Å². The van der Waals surface area contributed by atoms with E-state index in [2.05, 4.69) is 11.9 Å². The minimum Gasteiger partial charge on any atom is -0.463 e. The third-order valence-corrected chi connectivity index (χ3v) is 2.87. The van der Waals surface area contributed by atoms with Crippen LogP contribution in [0.2, 0.25) is 0 Å². The minimum atomic E-state index is 0.334. The van der Waals surface area contributed by atoms with Gasteiger partial charge in [0.1, 0.15) is 6.61 Å². The van der Waals surface area contributed by atoms with Crippen molar-refractivity contribution in [3.8, 4) is 0 Å². The van der Waals surface area contributed by atoms with Gasteiger partial charge in [-0.1, -0.05) is 51.9 Å². The molecule has 0 saturated heterocycles. The molecule has 1 aliphatic heterocycles. The fourth-order valence-corrected chi connectivity index (χ4v) is 1.92. The summed E-state index contributed by atoms with van der Waals surface area (Å²) >= 11 is 0. The monoisotopic (exact) mass is 212 g/mol. The van der Waals surface area contributed by atoms with Crippen molar-refractivity contribution in [3.05, 3.63) is 0 Å². The second-order valence-corrected chi connectivity index (χ2v) is 4.34. The summed E-state index contributed by atoms with van der Waals surface area (Å²) in [6.45, 7) is 2.95. The normalized spacial score (nSPS) is 20.1. The summed E-state index contributed by atoms with van der Waals surface area (Å²) in [4.78, 5) is 4.21. The zero-order chi connectivity index (χ0) is 10.9. The molecule has 1 atom stereocenters. The quantitative estimate of drug-likeness (QED) is 0.629. The third kappa shape index (κ3) is 5.65. The Balaban J connectivity index is 1.85. The maximum Gasteiger partial charge on any atom is 0.282 e. The highest BCUT2D eigenvalue weighted by Crippen LogP contribution is 2.13. The molecule has 0 radical (unpaired) electrons. The fourth-order valence-electron chi connectivity index (χ4n) is 1.92. The van der Waals surface area contributed by atoms with Crippen LogP contribution in [0.25, 0.3) is 0 Å². The highest BCUT2D eigenvalue weighted by Gasteiger charge is 2.15. The van der Waals surface area contributed by atoms with E-state index >= 15 is 0 Å². The number of hydrogen-bond donors (Lipinski definition) is 1. The van der Waals surface area contributed by atoms with Crippen LogP contribution in [0, 0.1) is 0 Å². The molecule has 1 aliphatic rings. The number of aliphatic imine (C=N–C) groups is 1. The van der Waals surface area contributed by atoms with Gasteiger partial charge in [0, 0.05) is 0 Å². The average molecular weight is 212 g/mol. The van der Waals surface area contributed by atoms with Gasteiger partial charge in [-0.3, -0.25) is 0 Å². The van der Waals surface area contributed by atoms with E-state index in [1.165, 1.54) is 44.9 Å². The first kappa shape index (κ1) is 12.3. The number of amidine groups is 1. The molecule has 0 aliphatic carbocycles. The van der Waals surface area contributed by atoms with Gasteiger partial charge in [0.2, 0.25) is 0 Å². The van der Waals surface area contributed by atoms with Gasteiger partial charge in [-0.2, -0.15) is 0 Å². The molecule has 0 aromatic rings. The number of nitrogens with two attached hydrogens (primary N) is 1. The van der Waals surface area contributed by atoms with Crippen LogP contribution < -0.4 is 5.73 Å². The van der Waals surface area contributed by atoms with Gasteiger partial charge >= 0.3 is 0 Å². The van der Waals surface area contributed by atoms with Crippen LogP contribution in [0.15, 0.2) is 4.99 Å².